The summed E-state index contributed by atoms with van der Waals surface area (Å²) < 4.78 is 36.4. The first kappa shape index (κ1) is 15.0. The zero-order valence-corrected chi connectivity index (χ0v) is 10.6. The molecular formula is C13H19F3N2. The van der Waals surface area contributed by atoms with E-state index in [1.807, 2.05) is 32.0 Å². The Hall–Kier alpha value is -1.07. The fourth-order valence-electron chi connectivity index (χ4n) is 2.19. The molecular weight excluding hydrogens is 241 g/mol. The Balaban J connectivity index is 2.72. The van der Waals surface area contributed by atoms with Crippen molar-refractivity contribution < 1.29 is 13.2 Å². The molecule has 18 heavy (non-hydrogen) atoms. The van der Waals surface area contributed by atoms with Crippen LogP contribution < -0.4 is 11.3 Å². The Morgan fingerprint density at radius 3 is 2.22 bits per heavy atom. The predicted octanol–water partition coefficient (Wildman–Crippen LogP) is 3.54. The predicted molar refractivity (Wildman–Crippen MR) is 65.9 cm³/mol. The maximum atomic E-state index is 12.1. The highest BCUT2D eigenvalue weighted by Gasteiger charge is 2.27. The van der Waals surface area contributed by atoms with Gasteiger partial charge in [0.2, 0.25) is 0 Å². The molecule has 0 aromatic heterocycles. The van der Waals surface area contributed by atoms with E-state index in [1.54, 1.807) is 0 Å². The highest BCUT2D eigenvalue weighted by molar-refractivity contribution is 5.36. The number of nitrogens with one attached hydrogen (secondary N) is 1. The largest absolute Gasteiger partial charge is 0.389 e. The van der Waals surface area contributed by atoms with Crippen molar-refractivity contribution in [3.8, 4) is 0 Å². The molecule has 0 amide bonds. The average Bonchev–Trinajstić information content (AvgIpc) is 2.25. The average molecular weight is 260 g/mol. The molecule has 0 saturated heterocycles. The summed E-state index contributed by atoms with van der Waals surface area (Å²) in [6.07, 6.45) is -4.41. The van der Waals surface area contributed by atoms with Crippen molar-refractivity contribution in [2.24, 2.45) is 5.84 Å². The molecule has 5 heteroatoms. The molecule has 0 radical (unpaired) electrons. The number of rotatable bonds is 5. The van der Waals surface area contributed by atoms with Gasteiger partial charge in [-0.15, -0.1) is 0 Å². The van der Waals surface area contributed by atoms with Gasteiger partial charge in [-0.05, 0) is 43.4 Å². The maximum absolute atomic E-state index is 12.1. The molecule has 0 fully saturated rings. The lowest BCUT2D eigenvalue weighted by atomic mass is 9.93. The molecule has 0 spiro atoms. The molecule has 0 aliphatic heterocycles. The summed E-state index contributed by atoms with van der Waals surface area (Å²) in [7, 11) is 0. The van der Waals surface area contributed by atoms with Crippen LogP contribution in [-0.4, -0.2) is 6.18 Å². The van der Waals surface area contributed by atoms with E-state index >= 15 is 0 Å². The van der Waals surface area contributed by atoms with E-state index in [-0.39, 0.29) is 12.5 Å². The lowest BCUT2D eigenvalue weighted by molar-refractivity contribution is -0.135. The monoisotopic (exact) mass is 260 g/mol. The Morgan fingerprint density at radius 2 is 1.78 bits per heavy atom. The molecule has 1 atom stereocenters. The summed E-state index contributed by atoms with van der Waals surface area (Å²) in [4.78, 5) is 0. The van der Waals surface area contributed by atoms with Crippen molar-refractivity contribution in [1.82, 2.24) is 5.43 Å². The van der Waals surface area contributed by atoms with Gasteiger partial charge in [0, 0.05) is 12.5 Å². The number of benzene rings is 1. The van der Waals surface area contributed by atoms with Crippen LogP contribution in [0.25, 0.3) is 0 Å². The highest BCUT2D eigenvalue weighted by Crippen LogP contribution is 2.28. The first-order valence-corrected chi connectivity index (χ1v) is 5.94. The van der Waals surface area contributed by atoms with Crippen LogP contribution in [-0.2, 0) is 0 Å². The van der Waals surface area contributed by atoms with Crippen molar-refractivity contribution in [1.29, 1.82) is 0 Å². The van der Waals surface area contributed by atoms with Gasteiger partial charge in [-0.3, -0.25) is 11.3 Å². The van der Waals surface area contributed by atoms with Crippen molar-refractivity contribution in [3.63, 3.8) is 0 Å². The normalized spacial score (nSPS) is 13.7. The van der Waals surface area contributed by atoms with Crippen molar-refractivity contribution in [2.75, 3.05) is 0 Å². The highest BCUT2D eigenvalue weighted by atomic mass is 19.4. The van der Waals surface area contributed by atoms with Gasteiger partial charge in [-0.1, -0.05) is 18.2 Å². The fourth-order valence-corrected chi connectivity index (χ4v) is 2.19. The second-order valence-corrected chi connectivity index (χ2v) is 4.53. The summed E-state index contributed by atoms with van der Waals surface area (Å²) in [6.45, 7) is 3.88. The molecule has 0 aliphatic rings. The number of alkyl halides is 3. The van der Waals surface area contributed by atoms with Gasteiger partial charge in [-0.25, -0.2) is 0 Å². The van der Waals surface area contributed by atoms with Crippen LogP contribution in [0, 0.1) is 13.8 Å². The van der Waals surface area contributed by atoms with E-state index < -0.39 is 12.6 Å². The summed E-state index contributed by atoms with van der Waals surface area (Å²) in [5.74, 6) is 5.46. The van der Waals surface area contributed by atoms with E-state index in [9.17, 15) is 13.2 Å². The van der Waals surface area contributed by atoms with Crippen molar-refractivity contribution in [3.05, 3.63) is 34.9 Å². The first-order valence-electron chi connectivity index (χ1n) is 5.94. The van der Waals surface area contributed by atoms with E-state index in [1.165, 1.54) is 0 Å². The number of hydrogen-bond donors (Lipinski definition) is 2. The Morgan fingerprint density at radius 1 is 1.22 bits per heavy atom. The first-order chi connectivity index (χ1) is 8.35. The minimum atomic E-state index is -4.10. The lowest BCUT2D eigenvalue weighted by Crippen LogP contribution is -2.29. The minimum Gasteiger partial charge on any atom is -0.271 e. The summed E-state index contributed by atoms with van der Waals surface area (Å²) in [5.41, 5.74) is 5.71. The standard InChI is InChI=1S/C13H19F3N2/c1-9-5-3-6-10(2)12(9)11(18-17)7-4-8-13(14,15)16/h3,5-6,11,18H,4,7-8,17H2,1-2H3. The molecule has 1 rings (SSSR count). The zero-order chi connectivity index (χ0) is 13.8. The molecule has 0 aliphatic carbocycles. The van der Waals surface area contributed by atoms with E-state index in [4.69, 9.17) is 5.84 Å². The lowest BCUT2D eigenvalue weighted by Gasteiger charge is -2.21. The van der Waals surface area contributed by atoms with Gasteiger partial charge < -0.3 is 0 Å². The van der Waals surface area contributed by atoms with Gasteiger partial charge in [0.1, 0.15) is 0 Å². The second-order valence-electron chi connectivity index (χ2n) is 4.53. The van der Waals surface area contributed by atoms with E-state index in [2.05, 4.69) is 5.43 Å². The molecule has 1 aromatic carbocycles. The SMILES string of the molecule is Cc1cccc(C)c1C(CCCC(F)(F)F)NN. The summed E-state index contributed by atoms with van der Waals surface area (Å²) in [5, 5.41) is 0. The van der Waals surface area contributed by atoms with Gasteiger partial charge >= 0.3 is 6.18 Å². The quantitative estimate of drug-likeness (QED) is 0.627. The molecule has 3 N–H and O–H groups in total. The smallest absolute Gasteiger partial charge is 0.271 e. The molecule has 0 heterocycles. The number of hydrogen-bond acceptors (Lipinski definition) is 2. The van der Waals surface area contributed by atoms with Crippen molar-refractivity contribution >= 4 is 0 Å². The van der Waals surface area contributed by atoms with Crippen LogP contribution in [0.15, 0.2) is 18.2 Å². The van der Waals surface area contributed by atoms with Gasteiger partial charge in [0.05, 0.1) is 0 Å². The van der Waals surface area contributed by atoms with Crippen LogP contribution >= 0.6 is 0 Å². The number of halogens is 3. The third-order valence-electron chi connectivity index (χ3n) is 3.04. The van der Waals surface area contributed by atoms with Crippen LogP contribution in [0.2, 0.25) is 0 Å². The maximum Gasteiger partial charge on any atom is 0.389 e. The minimum absolute atomic E-state index is 0.0755. The van der Waals surface area contributed by atoms with Crippen LogP contribution in [0.3, 0.4) is 0 Å². The third-order valence-corrected chi connectivity index (χ3v) is 3.04. The summed E-state index contributed by atoms with van der Waals surface area (Å²) in [6, 6.07) is 5.58. The second kappa shape index (κ2) is 6.20. The Bertz CT molecular complexity index is 368. The van der Waals surface area contributed by atoms with Crippen LogP contribution in [0.5, 0.6) is 0 Å². The van der Waals surface area contributed by atoms with Crippen LogP contribution in [0.4, 0.5) is 13.2 Å². The van der Waals surface area contributed by atoms with Crippen LogP contribution in [0.1, 0.15) is 42.0 Å². The van der Waals surface area contributed by atoms with Gasteiger partial charge in [0.25, 0.3) is 0 Å². The summed E-state index contributed by atoms with van der Waals surface area (Å²) >= 11 is 0. The fraction of sp³-hybridized carbons (Fsp3) is 0.538. The molecule has 1 aromatic rings. The molecule has 2 nitrogen and oxygen atoms in total. The molecule has 0 bridgehead atoms. The number of nitrogens with two attached hydrogens (primary N) is 1. The third kappa shape index (κ3) is 4.31. The van der Waals surface area contributed by atoms with E-state index in [0.717, 1.165) is 16.7 Å². The van der Waals surface area contributed by atoms with Gasteiger partial charge in [0.15, 0.2) is 0 Å². The molecule has 0 saturated carbocycles. The zero-order valence-electron chi connectivity index (χ0n) is 10.6. The topological polar surface area (TPSA) is 38.0 Å². The Kier molecular flexibility index (Phi) is 5.16. The van der Waals surface area contributed by atoms with Crippen molar-refractivity contribution in [2.45, 2.75) is 45.3 Å². The van der Waals surface area contributed by atoms with Gasteiger partial charge in [-0.2, -0.15) is 13.2 Å². The van der Waals surface area contributed by atoms with E-state index in [0.29, 0.717) is 6.42 Å². The Labute approximate surface area is 105 Å². The molecule has 1 unspecified atom stereocenters. The number of hydrazine groups is 1. The molecule has 102 valence electrons. The number of aryl methyl sites for hydroxylation is 2.